The first kappa shape index (κ1) is 81.0. The number of ether oxygens (including phenoxy) is 2. The highest BCUT2D eigenvalue weighted by atomic mass is 16.6. The Balaban J connectivity index is 0.000000116. The van der Waals surface area contributed by atoms with Crippen LogP contribution in [0.2, 0.25) is 0 Å². The number of rotatable bonds is 0. The van der Waals surface area contributed by atoms with E-state index in [0.717, 1.165) is 19.3 Å². The van der Waals surface area contributed by atoms with E-state index < -0.39 is 22.9 Å². The van der Waals surface area contributed by atoms with Crippen LogP contribution >= 0.6 is 0 Å². The third-order valence-electron chi connectivity index (χ3n) is 37.7. The van der Waals surface area contributed by atoms with Gasteiger partial charge in [0.2, 0.25) is 0 Å². The lowest BCUT2D eigenvalue weighted by Gasteiger charge is -2.46. The number of aryl methyl sites for hydroxylation is 14. The Bertz CT molecular complexity index is 7050. The van der Waals surface area contributed by atoms with Gasteiger partial charge in [-0.05, 0) is 443 Å². The molecule has 0 amide bonds. The monoisotopic (exact) mass is 1620 g/mol. The van der Waals surface area contributed by atoms with Crippen molar-refractivity contribution >= 4 is 131 Å². The Morgan fingerprint density at radius 1 is 0.207 bits per heavy atom. The number of benzene rings is 9. The smallest absolute Gasteiger partial charge is 0.148 e. The Labute approximate surface area is 719 Å². The maximum Gasteiger partial charge on any atom is 0.148 e. The Kier molecular flexibility index (Phi) is 16.7. The summed E-state index contributed by atoms with van der Waals surface area (Å²) in [6.45, 7) is 85.0. The van der Waals surface area contributed by atoms with E-state index in [1.807, 2.05) is 0 Å². The molecule has 9 aromatic carbocycles. The lowest BCUT2D eigenvalue weighted by atomic mass is 9.83. The average molecular weight is 1620 g/mol. The number of hydrogen-bond acceptors (Lipinski definition) is 5. The molecule has 11 nitrogen and oxygen atoms in total. The van der Waals surface area contributed by atoms with Crippen LogP contribution in [0.4, 0.5) is 0 Å². The number of nitrogens with zero attached hydrogens (tertiary/aromatic N) is 9. The SMILES string of the molecule is Cc1c(C)c(C)c2c(c1C)c1c3c(c4c5c(C)c(C)c(C)c(C)c5n(C)c4c1n2C)C(C)N(C)C3C.Cc1c(C)c(C)c2c(c1C)c1c3c(c4c5c(C)c(C)c(C)c(C)c5n5c4c1n2C1(C)CCCC5(C)O1)C(C)N(C)C3C.Cc1c(C)c(C)c2c(c1C)c1c3c(c4c5c(C)c(C)c(C)c(C)c5n5c4c1n2C1(C)OC5(C)C(C)C1C)C(C)N(C)C3C. The minimum Gasteiger partial charge on any atom is -0.342 e. The zero-order valence-electron chi connectivity index (χ0n) is 81.6. The van der Waals surface area contributed by atoms with Crippen LogP contribution in [0.5, 0.6) is 0 Å². The van der Waals surface area contributed by atoms with Gasteiger partial charge in [-0.2, -0.15) is 0 Å². The van der Waals surface area contributed by atoms with Gasteiger partial charge in [0.25, 0.3) is 0 Å². The molecule has 11 heteroatoms. The molecule has 15 aromatic rings. The molecule has 0 saturated carbocycles. The van der Waals surface area contributed by atoms with Crippen molar-refractivity contribution in [2.45, 2.75) is 328 Å². The molecule has 22 rings (SSSR count). The summed E-state index contributed by atoms with van der Waals surface area (Å²) < 4.78 is 31.1. The zero-order chi connectivity index (χ0) is 87.5. The summed E-state index contributed by atoms with van der Waals surface area (Å²) in [6.07, 6.45) is 3.19. The van der Waals surface area contributed by atoms with Crippen LogP contribution < -0.4 is 0 Å². The third kappa shape index (κ3) is 8.92. The predicted molar refractivity (Wildman–Crippen MR) is 516 cm³/mol. The minimum absolute atomic E-state index is 0.318. The molecule has 2 saturated heterocycles. The zero-order valence-corrected chi connectivity index (χ0v) is 81.6. The van der Waals surface area contributed by atoms with Crippen LogP contribution in [0.15, 0.2) is 0 Å². The maximum absolute atomic E-state index is 7.67. The number of aromatic nitrogens is 6. The summed E-state index contributed by atoms with van der Waals surface area (Å²) in [7, 11) is 11.6. The van der Waals surface area contributed by atoms with Gasteiger partial charge in [0.15, 0.2) is 0 Å². The van der Waals surface area contributed by atoms with E-state index in [1.54, 1.807) is 22.3 Å². The minimum atomic E-state index is -0.484. The van der Waals surface area contributed by atoms with Gasteiger partial charge in [-0.3, -0.25) is 14.7 Å². The normalized spacial score (nSPS) is 25.8. The van der Waals surface area contributed by atoms with Gasteiger partial charge in [-0.1, -0.05) is 13.8 Å². The van der Waals surface area contributed by atoms with E-state index in [0.29, 0.717) is 48.1 Å². The van der Waals surface area contributed by atoms with Crippen molar-refractivity contribution in [3.8, 4) is 0 Å². The van der Waals surface area contributed by atoms with Gasteiger partial charge < -0.3 is 36.9 Å². The molecule has 0 N–H and O–H groups in total. The van der Waals surface area contributed by atoms with E-state index in [9.17, 15) is 0 Å². The molecular formula is C110H137N9O2. The molecule has 12 unspecified atom stereocenters. The fraction of sp³-hybridized carbons (Fsp3) is 0.509. The molecule has 2 fully saturated rings. The second-order valence-electron chi connectivity index (χ2n) is 41.8. The van der Waals surface area contributed by atoms with Gasteiger partial charge in [0.05, 0.1) is 66.2 Å². The first-order valence-electron chi connectivity index (χ1n) is 46.1. The summed E-state index contributed by atoms with van der Waals surface area (Å²) >= 11 is 0. The largest absolute Gasteiger partial charge is 0.342 e. The predicted octanol–water partition coefficient (Wildman–Crippen LogP) is 28.6. The second kappa shape index (κ2) is 25.0. The molecule has 0 aliphatic carbocycles. The number of fused-ring (bicyclic) bond motifs is 36. The van der Waals surface area contributed by atoms with Crippen molar-refractivity contribution in [1.29, 1.82) is 0 Å². The van der Waals surface area contributed by atoms with Crippen LogP contribution in [0, 0.1) is 178 Å². The summed E-state index contributed by atoms with van der Waals surface area (Å²) in [4.78, 5) is 7.79. The van der Waals surface area contributed by atoms with E-state index in [-0.39, 0.29) is 0 Å². The summed E-state index contributed by atoms with van der Waals surface area (Å²) in [6, 6.07) is 2.05. The van der Waals surface area contributed by atoms with Crippen LogP contribution in [-0.2, 0) is 46.5 Å². The van der Waals surface area contributed by atoms with Gasteiger partial charge in [-0.15, -0.1) is 0 Å². The highest BCUT2D eigenvalue weighted by Crippen LogP contribution is 2.66. The first-order valence-corrected chi connectivity index (χ1v) is 46.1. The highest BCUT2D eigenvalue weighted by Gasteiger charge is 2.61. The Hall–Kier alpha value is -8.42. The highest BCUT2D eigenvalue weighted by molar-refractivity contribution is 6.31. The van der Waals surface area contributed by atoms with Crippen LogP contribution in [0.3, 0.4) is 0 Å². The molecule has 0 spiro atoms. The van der Waals surface area contributed by atoms with Crippen LogP contribution in [-0.4, -0.2) is 63.2 Å². The standard InChI is InChI=1S/C39H49N3O.C38H47N3O.C33H41N3/c1-16-18(3)22(7)34-28(20(16)5)32-30-26(11)40(15)27(12)31(30)33-29-21(6)17(2)19(4)23(8)35(29)42-37(33)36(32)41(34)38(13)24(9)25(10)39(42,14)43-38;1-17-19(3)23(7)33-27(21(17)5)31-29-25(9)39(13)26(10)30(29)32-28-22(6)18(2)20(4)24(8)34(28)41-36(32)35(31)40(33)37(11)15-14-16-38(41,12)42-37;1-14-16(3)20(7)30-24(18(14)5)28-26-22(9)34(11)23(10)27(26)29-25-19(6)15(2)17(4)21(8)31(25)36(13)33(29)32(28)35(30)12/h24-27H,1-15H3;25-26H,14-16H2,1-13H3;22-23H,1-13H3. The average Bonchev–Trinajstić information content (AvgIpc) is 1.47. The van der Waals surface area contributed by atoms with Crippen molar-refractivity contribution in [3.05, 3.63) is 167 Å². The fourth-order valence-electron chi connectivity index (χ4n) is 27.9. The lowest BCUT2D eigenvalue weighted by Crippen LogP contribution is -2.46. The van der Waals surface area contributed by atoms with Gasteiger partial charge in [0, 0.05) is 127 Å². The van der Waals surface area contributed by atoms with Gasteiger partial charge in [0.1, 0.15) is 22.9 Å². The van der Waals surface area contributed by atoms with E-state index in [2.05, 4.69) is 327 Å². The molecule has 13 heterocycles. The van der Waals surface area contributed by atoms with E-state index >= 15 is 0 Å². The molecule has 7 aliphatic rings. The summed E-state index contributed by atoms with van der Waals surface area (Å²) in [5, 5.41) is 17.6. The van der Waals surface area contributed by atoms with Gasteiger partial charge >= 0.3 is 0 Å². The first-order chi connectivity index (χ1) is 56.5. The van der Waals surface area contributed by atoms with Crippen molar-refractivity contribution < 1.29 is 9.47 Å². The Morgan fingerprint density at radius 2 is 0.388 bits per heavy atom. The third-order valence-corrected chi connectivity index (χ3v) is 37.7. The van der Waals surface area contributed by atoms with E-state index in [4.69, 9.17) is 9.47 Å². The van der Waals surface area contributed by atoms with Gasteiger partial charge in [-0.25, -0.2) is 0 Å². The molecule has 7 aliphatic heterocycles. The summed E-state index contributed by atoms with van der Waals surface area (Å²) in [5.74, 6) is 0.636. The number of hydrogen-bond donors (Lipinski definition) is 0. The molecule has 4 bridgehead atoms. The maximum atomic E-state index is 7.67. The molecule has 634 valence electrons. The second-order valence-corrected chi connectivity index (χ2v) is 41.8. The van der Waals surface area contributed by atoms with Crippen LogP contribution in [0.25, 0.3) is 131 Å². The van der Waals surface area contributed by atoms with Crippen molar-refractivity contribution in [2.24, 2.45) is 25.9 Å². The summed E-state index contributed by atoms with van der Waals surface area (Å²) in [5.41, 5.74) is 58.2. The van der Waals surface area contributed by atoms with Crippen molar-refractivity contribution in [1.82, 2.24) is 42.1 Å². The quantitative estimate of drug-likeness (QED) is 0.151. The molecular weight excluding hydrogens is 1480 g/mol. The molecule has 12 atom stereocenters. The lowest BCUT2D eigenvalue weighted by molar-refractivity contribution is -0.245. The molecule has 121 heavy (non-hydrogen) atoms. The van der Waals surface area contributed by atoms with Crippen molar-refractivity contribution in [3.63, 3.8) is 0 Å². The van der Waals surface area contributed by atoms with E-state index in [1.165, 1.54) is 275 Å². The molecule has 0 radical (unpaired) electrons. The Morgan fingerprint density at radius 3 is 0.620 bits per heavy atom. The van der Waals surface area contributed by atoms with Crippen LogP contribution in [0.1, 0.15) is 306 Å². The topological polar surface area (TPSA) is 57.8 Å². The molecule has 6 aromatic heterocycles. The fourth-order valence-corrected chi connectivity index (χ4v) is 27.9. The van der Waals surface area contributed by atoms with Crippen molar-refractivity contribution in [2.75, 3.05) is 21.1 Å².